The molecule has 3 fully saturated rings. The van der Waals surface area contributed by atoms with E-state index in [2.05, 4.69) is 20.3 Å². The van der Waals surface area contributed by atoms with E-state index in [1.165, 1.54) is 31.7 Å². The first-order valence-corrected chi connectivity index (χ1v) is 14.6. The van der Waals surface area contributed by atoms with Gasteiger partial charge in [-0.15, -0.1) is 37.2 Å². The van der Waals surface area contributed by atoms with E-state index in [9.17, 15) is 4.39 Å². The van der Waals surface area contributed by atoms with Crippen molar-refractivity contribution in [2.24, 2.45) is 11.7 Å². The van der Waals surface area contributed by atoms with Crippen molar-refractivity contribution in [1.82, 2.24) is 24.5 Å². The zero-order chi connectivity index (χ0) is 26.1. The van der Waals surface area contributed by atoms with Crippen molar-refractivity contribution in [2.45, 2.75) is 88.8 Å². The maximum atomic E-state index is 14.3. The molecule has 4 N–H and O–H groups in total. The van der Waals surface area contributed by atoms with Crippen LogP contribution in [0.15, 0.2) is 24.5 Å². The zero-order valence-corrected chi connectivity index (χ0v) is 26.3. The molecule has 1 saturated heterocycles. The number of nitrogens with one attached hydrogen (secondary N) is 2. The van der Waals surface area contributed by atoms with E-state index in [-0.39, 0.29) is 43.0 Å². The van der Waals surface area contributed by atoms with Crippen LogP contribution in [0.25, 0.3) is 11.2 Å². The number of imidazole rings is 1. The normalized spacial score (nSPS) is 22.0. The molecule has 2 aliphatic carbocycles. The van der Waals surface area contributed by atoms with Crippen molar-refractivity contribution in [3.63, 3.8) is 0 Å². The van der Waals surface area contributed by atoms with E-state index in [0.29, 0.717) is 47.0 Å². The van der Waals surface area contributed by atoms with Crippen LogP contribution < -0.4 is 16.5 Å². The number of aromatic nitrogens is 4. The number of nitrogens with two attached hydrogens (primary N) is 1. The predicted molar refractivity (Wildman–Crippen MR) is 171 cm³/mol. The van der Waals surface area contributed by atoms with E-state index in [1.54, 1.807) is 12.1 Å². The van der Waals surface area contributed by atoms with Gasteiger partial charge in [0.1, 0.15) is 5.82 Å². The number of hydrogen-bond donors (Lipinski definition) is 3. The summed E-state index contributed by atoms with van der Waals surface area (Å²) in [7, 11) is 0. The second-order valence-corrected chi connectivity index (χ2v) is 11.8. The van der Waals surface area contributed by atoms with Crippen LogP contribution in [0.5, 0.6) is 0 Å². The fraction of sp³-hybridized carbons (Fsp3) is 0.607. The average molecular weight is 651 g/mol. The van der Waals surface area contributed by atoms with Gasteiger partial charge in [-0.2, -0.15) is 9.97 Å². The lowest BCUT2D eigenvalue weighted by Gasteiger charge is -2.32. The largest absolute Gasteiger partial charge is 0.351 e. The number of hydrazine groups is 1. The first-order valence-electron chi connectivity index (χ1n) is 14.2. The highest BCUT2D eigenvalue weighted by Crippen LogP contribution is 2.34. The third-order valence-corrected chi connectivity index (χ3v) is 9.03. The minimum Gasteiger partial charge on any atom is -0.351 e. The Hall–Kier alpha value is -1.62. The van der Waals surface area contributed by atoms with Gasteiger partial charge in [0.05, 0.1) is 6.33 Å². The molecule has 0 amide bonds. The fourth-order valence-electron chi connectivity index (χ4n) is 6.37. The highest BCUT2D eigenvalue weighted by molar-refractivity contribution is 6.31. The van der Waals surface area contributed by atoms with Gasteiger partial charge < -0.3 is 21.0 Å². The SMILES string of the molecule is Cl.Cl.Cl.NC1CCC(Nc2nc(NN3CCC(Cc4c(F)cccc4Cl)CC3)c3ncn(C4CCCC4)c3n2)CC1. The number of fused-ring (bicyclic) bond motifs is 1. The molecule has 2 saturated carbocycles. The Kier molecular flexibility index (Phi) is 12.6. The predicted octanol–water partition coefficient (Wildman–Crippen LogP) is 6.96. The first kappa shape index (κ1) is 33.9. The highest BCUT2D eigenvalue weighted by atomic mass is 35.5. The fourth-order valence-corrected chi connectivity index (χ4v) is 6.61. The summed E-state index contributed by atoms with van der Waals surface area (Å²) in [5, 5.41) is 6.33. The average Bonchev–Trinajstić information content (AvgIpc) is 3.59. The number of halogens is 5. The van der Waals surface area contributed by atoms with E-state index in [0.717, 1.165) is 68.6 Å². The van der Waals surface area contributed by atoms with Crippen LogP contribution in [0.1, 0.15) is 75.8 Å². The molecule has 8 nitrogen and oxygen atoms in total. The Balaban J connectivity index is 0.00000154. The van der Waals surface area contributed by atoms with E-state index >= 15 is 0 Å². The molecule has 41 heavy (non-hydrogen) atoms. The quantitative estimate of drug-likeness (QED) is 0.255. The third-order valence-electron chi connectivity index (χ3n) is 8.68. The minimum atomic E-state index is -0.209. The standard InChI is InChI=1S/C28H38ClFN8.3ClH/c29-23-6-3-7-24(30)22(23)16-18-12-14-37(15-13-18)36-26-25-27(38(17-32-25)21-4-1-2-5-21)35-28(34-26)33-20-10-8-19(31)9-11-20;;;/h3,6-7,17-21H,1-2,4-5,8-16,31H2,(H2,33,34,35,36);3*1H. The number of hydrogen-bond acceptors (Lipinski definition) is 7. The van der Waals surface area contributed by atoms with Gasteiger partial charge in [-0.1, -0.05) is 30.5 Å². The molecular formula is C28H41Cl4FN8. The number of rotatable bonds is 7. The van der Waals surface area contributed by atoms with Gasteiger partial charge in [-0.3, -0.25) is 0 Å². The van der Waals surface area contributed by atoms with Gasteiger partial charge in [-0.25, -0.2) is 14.4 Å². The third kappa shape index (κ3) is 7.86. The number of nitrogens with zero attached hydrogens (tertiary/aromatic N) is 5. The van der Waals surface area contributed by atoms with E-state index < -0.39 is 0 Å². The Morgan fingerprint density at radius 1 is 0.951 bits per heavy atom. The Labute approximate surface area is 265 Å². The van der Waals surface area contributed by atoms with Crippen LogP contribution in [0, 0.1) is 11.7 Å². The zero-order valence-electron chi connectivity index (χ0n) is 23.1. The topological polar surface area (TPSA) is 96.9 Å². The summed E-state index contributed by atoms with van der Waals surface area (Å²) in [5.74, 6) is 1.59. The first-order chi connectivity index (χ1) is 18.5. The molecule has 6 rings (SSSR count). The van der Waals surface area contributed by atoms with Crippen LogP contribution in [0.3, 0.4) is 0 Å². The number of anilines is 2. The molecule has 2 aromatic heterocycles. The van der Waals surface area contributed by atoms with Gasteiger partial charge in [0.15, 0.2) is 17.0 Å². The molecular weight excluding hydrogens is 609 g/mol. The van der Waals surface area contributed by atoms with Gasteiger partial charge >= 0.3 is 0 Å². The second-order valence-electron chi connectivity index (χ2n) is 11.4. The van der Waals surface area contributed by atoms with E-state index in [4.69, 9.17) is 32.3 Å². The molecule has 1 aliphatic heterocycles. The molecule has 228 valence electrons. The minimum absolute atomic E-state index is 0. The van der Waals surface area contributed by atoms with Crippen LogP contribution in [-0.4, -0.2) is 49.7 Å². The van der Waals surface area contributed by atoms with Crippen molar-refractivity contribution in [3.05, 3.63) is 40.9 Å². The summed E-state index contributed by atoms with van der Waals surface area (Å²) in [4.78, 5) is 14.6. The molecule has 0 atom stereocenters. The molecule has 3 aromatic rings. The lowest BCUT2D eigenvalue weighted by atomic mass is 9.90. The monoisotopic (exact) mass is 648 g/mol. The summed E-state index contributed by atoms with van der Waals surface area (Å²) in [6.07, 6.45) is 13.5. The molecule has 1 aromatic carbocycles. The highest BCUT2D eigenvalue weighted by Gasteiger charge is 2.26. The number of benzene rings is 1. The molecule has 3 heterocycles. The molecule has 0 bridgehead atoms. The Bertz CT molecular complexity index is 1240. The lowest BCUT2D eigenvalue weighted by Crippen LogP contribution is -2.39. The van der Waals surface area contributed by atoms with Crippen molar-refractivity contribution in [2.75, 3.05) is 23.8 Å². The van der Waals surface area contributed by atoms with E-state index in [1.807, 2.05) is 6.33 Å². The molecule has 13 heteroatoms. The van der Waals surface area contributed by atoms with Gasteiger partial charge in [-0.05, 0) is 75.8 Å². The summed E-state index contributed by atoms with van der Waals surface area (Å²) in [6, 6.07) is 6.02. The molecule has 0 radical (unpaired) electrons. The maximum absolute atomic E-state index is 14.3. The van der Waals surface area contributed by atoms with Crippen LogP contribution in [0.2, 0.25) is 5.02 Å². The van der Waals surface area contributed by atoms with Crippen LogP contribution in [-0.2, 0) is 6.42 Å². The van der Waals surface area contributed by atoms with Crippen molar-refractivity contribution in [3.8, 4) is 0 Å². The van der Waals surface area contributed by atoms with Gasteiger partial charge in [0, 0.05) is 41.8 Å². The molecule has 0 spiro atoms. The van der Waals surface area contributed by atoms with Gasteiger partial charge in [0.2, 0.25) is 5.95 Å². The summed E-state index contributed by atoms with van der Waals surface area (Å²) < 4.78 is 16.6. The lowest BCUT2D eigenvalue weighted by molar-refractivity contribution is 0.215. The van der Waals surface area contributed by atoms with Crippen molar-refractivity contribution < 1.29 is 4.39 Å². The van der Waals surface area contributed by atoms with Crippen LogP contribution in [0.4, 0.5) is 16.2 Å². The Morgan fingerprint density at radius 3 is 2.34 bits per heavy atom. The second kappa shape index (κ2) is 15.2. The number of piperidine rings is 1. The Morgan fingerprint density at radius 2 is 1.66 bits per heavy atom. The van der Waals surface area contributed by atoms with Crippen molar-refractivity contribution >= 4 is 71.8 Å². The van der Waals surface area contributed by atoms with Crippen LogP contribution >= 0.6 is 48.8 Å². The maximum Gasteiger partial charge on any atom is 0.227 e. The molecule has 0 unspecified atom stereocenters. The summed E-state index contributed by atoms with van der Waals surface area (Å²) >= 11 is 6.28. The summed E-state index contributed by atoms with van der Waals surface area (Å²) in [6.45, 7) is 1.68. The van der Waals surface area contributed by atoms with Crippen molar-refractivity contribution in [1.29, 1.82) is 0 Å². The molecule has 3 aliphatic rings. The van der Waals surface area contributed by atoms with Gasteiger partial charge in [0.25, 0.3) is 0 Å². The summed E-state index contributed by atoms with van der Waals surface area (Å²) in [5.41, 5.74) is 12.0. The smallest absolute Gasteiger partial charge is 0.227 e.